The smallest absolute Gasteiger partial charge is 0.274 e. The Balaban J connectivity index is 1.41. The summed E-state index contributed by atoms with van der Waals surface area (Å²) in [5.41, 5.74) is 3.99. The second-order valence-electron chi connectivity index (χ2n) is 8.54. The number of hydrogen-bond donors (Lipinski definition) is 0. The van der Waals surface area contributed by atoms with Gasteiger partial charge in [0.05, 0.1) is 12.2 Å². The third-order valence-electron chi connectivity index (χ3n) is 6.47. The Bertz CT molecular complexity index is 1090. The van der Waals surface area contributed by atoms with Crippen molar-refractivity contribution >= 4 is 11.7 Å². The molecule has 164 valence electrons. The normalized spacial score (nSPS) is 18.0. The standard InChI is InChI=1S/C25H28N6O/c1-18-20-9-5-14-30(16-11-19-7-3-2-4-8-19)24(20)29-23(28-18)22-10-6-15-31(22)25(32)21-17-26-12-13-27-21/h2-4,7-8,12-13,17,22H,5-6,9-11,14-16H2,1H3/t22-/m0/s1. The van der Waals surface area contributed by atoms with E-state index in [1.165, 1.54) is 17.3 Å². The Morgan fingerprint density at radius 1 is 1.09 bits per heavy atom. The van der Waals surface area contributed by atoms with Crippen molar-refractivity contribution in [3.63, 3.8) is 0 Å². The number of carbonyl (C=O) groups excluding carboxylic acids is 1. The van der Waals surface area contributed by atoms with E-state index in [0.29, 0.717) is 12.2 Å². The Hall–Kier alpha value is -3.35. The molecule has 2 aliphatic heterocycles. The number of anilines is 1. The summed E-state index contributed by atoms with van der Waals surface area (Å²) in [5, 5.41) is 0. The number of likely N-dealkylation sites (tertiary alicyclic amines) is 1. The first-order chi connectivity index (χ1) is 15.7. The fourth-order valence-corrected chi connectivity index (χ4v) is 4.82. The van der Waals surface area contributed by atoms with Crippen LogP contribution in [-0.2, 0) is 12.8 Å². The number of aryl methyl sites for hydroxylation is 1. The van der Waals surface area contributed by atoms with E-state index in [1.54, 1.807) is 12.4 Å². The predicted octanol–water partition coefficient (Wildman–Crippen LogP) is 3.55. The maximum atomic E-state index is 13.1. The van der Waals surface area contributed by atoms with Gasteiger partial charge in [-0.15, -0.1) is 0 Å². The van der Waals surface area contributed by atoms with Crippen molar-refractivity contribution in [3.05, 3.63) is 77.3 Å². The molecule has 2 aromatic heterocycles. The van der Waals surface area contributed by atoms with Crippen LogP contribution < -0.4 is 4.90 Å². The quantitative estimate of drug-likeness (QED) is 0.619. The van der Waals surface area contributed by atoms with Crippen molar-refractivity contribution in [1.82, 2.24) is 24.8 Å². The Labute approximate surface area is 188 Å². The van der Waals surface area contributed by atoms with Gasteiger partial charge in [-0.2, -0.15) is 0 Å². The third-order valence-corrected chi connectivity index (χ3v) is 6.47. The molecule has 0 N–H and O–H groups in total. The zero-order chi connectivity index (χ0) is 21.9. The molecule has 0 unspecified atom stereocenters. The first-order valence-electron chi connectivity index (χ1n) is 11.4. The molecule has 32 heavy (non-hydrogen) atoms. The van der Waals surface area contributed by atoms with E-state index in [0.717, 1.165) is 62.5 Å². The van der Waals surface area contributed by atoms with Gasteiger partial charge in [-0.25, -0.2) is 15.0 Å². The summed E-state index contributed by atoms with van der Waals surface area (Å²) in [4.78, 5) is 35.5. The minimum Gasteiger partial charge on any atom is -0.356 e. The zero-order valence-electron chi connectivity index (χ0n) is 18.4. The largest absolute Gasteiger partial charge is 0.356 e. The van der Waals surface area contributed by atoms with Gasteiger partial charge in [-0.3, -0.25) is 9.78 Å². The second-order valence-corrected chi connectivity index (χ2v) is 8.54. The van der Waals surface area contributed by atoms with Crippen molar-refractivity contribution in [2.24, 2.45) is 0 Å². The molecule has 1 atom stereocenters. The molecule has 1 fully saturated rings. The summed E-state index contributed by atoms with van der Waals surface area (Å²) in [6.45, 7) is 4.70. The highest BCUT2D eigenvalue weighted by molar-refractivity contribution is 5.92. The van der Waals surface area contributed by atoms with Gasteiger partial charge in [-0.1, -0.05) is 30.3 Å². The molecule has 1 aromatic carbocycles. The number of amides is 1. The lowest BCUT2D eigenvalue weighted by Gasteiger charge is -2.32. The average Bonchev–Trinajstić information content (AvgIpc) is 3.33. The van der Waals surface area contributed by atoms with E-state index in [9.17, 15) is 4.79 Å². The van der Waals surface area contributed by atoms with E-state index >= 15 is 0 Å². The van der Waals surface area contributed by atoms with Crippen molar-refractivity contribution in [3.8, 4) is 0 Å². The number of benzene rings is 1. The molecule has 0 aliphatic carbocycles. The second kappa shape index (κ2) is 9.02. The fraction of sp³-hybridized carbons (Fsp3) is 0.400. The fourth-order valence-electron chi connectivity index (χ4n) is 4.82. The summed E-state index contributed by atoms with van der Waals surface area (Å²) < 4.78 is 0. The van der Waals surface area contributed by atoms with Crippen LogP contribution in [0.2, 0.25) is 0 Å². The Morgan fingerprint density at radius 2 is 1.97 bits per heavy atom. The minimum atomic E-state index is -0.119. The van der Waals surface area contributed by atoms with Gasteiger partial charge in [0, 0.05) is 43.3 Å². The number of rotatable bonds is 5. The number of nitrogens with zero attached hydrogens (tertiary/aromatic N) is 6. The van der Waals surface area contributed by atoms with Crippen molar-refractivity contribution in [1.29, 1.82) is 0 Å². The van der Waals surface area contributed by atoms with Crippen LogP contribution in [0, 0.1) is 6.92 Å². The minimum absolute atomic E-state index is 0.0968. The van der Waals surface area contributed by atoms with E-state index < -0.39 is 0 Å². The van der Waals surface area contributed by atoms with Gasteiger partial charge < -0.3 is 9.80 Å². The van der Waals surface area contributed by atoms with Gasteiger partial charge in [0.25, 0.3) is 5.91 Å². The van der Waals surface area contributed by atoms with Crippen molar-refractivity contribution in [2.45, 2.75) is 45.1 Å². The van der Waals surface area contributed by atoms with Crippen LogP contribution in [0.15, 0.2) is 48.9 Å². The first kappa shape index (κ1) is 20.5. The van der Waals surface area contributed by atoms with Crippen LogP contribution >= 0.6 is 0 Å². The summed E-state index contributed by atoms with van der Waals surface area (Å²) in [5.74, 6) is 1.71. The Kier molecular flexibility index (Phi) is 5.79. The van der Waals surface area contributed by atoms with Gasteiger partial charge in [0.15, 0.2) is 5.82 Å². The lowest BCUT2D eigenvalue weighted by molar-refractivity contribution is 0.0723. The SMILES string of the molecule is Cc1nc([C@@H]2CCCN2C(=O)c2cnccn2)nc2c1CCCN2CCc1ccccc1. The van der Waals surface area contributed by atoms with E-state index in [4.69, 9.17) is 9.97 Å². The highest BCUT2D eigenvalue weighted by Crippen LogP contribution is 2.34. The van der Waals surface area contributed by atoms with Crippen molar-refractivity contribution in [2.75, 3.05) is 24.5 Å². The van der Waals surface area contributed by atoms with Gasteiger partial charge >= 0.3 is 0 Å². The highest BCUT2D eigenvalue weighted by atomic mass is 16.2. The molecule has 1 amide bonds. The molecular weight excluding hydrogens is 400 g/mol. The van der Waals surface area contributed by atoms with Crippen LogP contribution in [-0.4, -0.2) is 50.4 Å². The first-order valence-corrected chi connectivity index (χ1v) is 11.4. The summed E-state index contributed by atoms with van der Waals surface area (Å²) in [6, 6.07) is 10.5. The number of fused-ring (bicyclic) bond motifs is 1. The van der Waals surface area contributed by atoms with Crippen molar-refractivity contribution < 1.29 is 4.79 Å². The van der Waals surface area contributed by atoms with Gasteiger partial charge in [0.2, 0.25) is 0 Å². The van der Waals surface area contributed by atoms with Crippen LogP contribution in [0.3, 0.4) is 0 Å². The van der Waals surface area contributed by atoms with Crippen LogP contribution in [0.25, 0.3) is 0 Å². The molecule has 0 bridgehead atoms. The maximum absolute atomic E-state index is 13.1. The molecule has 7 nitrogen and oxygen atoms in total. The third kappa shape index (κ3) is 4.07. The lowest BCUT2D eigenvalue weighted by atomic mass is 10.0. The summed E-state index contributed by atoms with van der Waals surface area (Å²) in [7, 11) is 0. The molecule has 2 aliphatic rings. The lowest BCUT2D eigenvalue weighted by Crippen LogP contribution is -2.35. The molecule has 3 aromatic rings. The topological polar surface area (TPSA) is 75.1 Å². The summed E-state index contributed by atoms with van der Waals surface area (Å²) >= 11 is 0. The monoisotopic (exact) mass is 428 g/mol. The molecular formula is C25H28N6O. The summed E-state index contributed by atoms with van der Waals surface area (Å²) in [6.07, 6.45) is 9.59. The molecule has 5 rings (SSSR count). The van der Waals surface area contributed by atoms with Gasteiger partial charge in [-0.05, 0) is 44.6 Å². The average molecular weight is 429 g/mol. The number of hydrogen-bond acceptors (Lipinski definition) is 6. The van der Waals surface area contributed by atoms with Crippen LogP contribution in [0.1, 0.15) is 58.4 Å². The van der Waals surface area contributed by atoms with E-state index in [-0.39, 0.29) is 11.9 Å². The van der Waals surface area contributed by atoms with E-state index in [2.05, 4.69) is 52.1 Å². The van der Waals surface area contributed by atoms with Crippen LogP contribution in [0.5, 0.6) is 0 Å². The molecule has 0 spiro atoms. The van der Waals surface area contributed by atoms with E-state index in [1.807, 2.05) is 4.90 Å². The maximum Gasteiger partial charge on any atom is 0.274 e. The molecule has 7 heteroatoms. The Morgan fingerprint density at radius 3 is 2.78 bits per heavy atom. The number of aromatic nitrogens is 4. The highest BCUT2D eigenvalue weighted by Gasteiger charge is 2.34. The molecule has 1 saturated heterocycles. The van der Waals surface area contributed by atoms with Crippen LogP contribution in [0.4, 0.5) is 5.82 Å². The molecule has 0 radical (unpaired) electrons. The molecule has 0 saturated carbocycles. The predicted molar refractivity (Wildman–Crippen MR) is 122 cm³/mol. The zero-order valence-corrected chi connectivity index (χ0v) is 18.4. The van der Waals surface area contributed by atoms with Gasteiger partial charge in [0.1, 0.15) is 11.5 Å². The molecule has 4 heterocycles. The number of carbonyl (C=O) groups is 1.